The van der Waals surface area contributed by atoms with Gasteiger partial charge in [0.1, 0.15) is 16.4 Å². The molecule has 0 saturated carbocycles. The van der Waals surface area contributed by atoms with Gasteiger partial charge in [-0.15, -0.1) is 5.75 Å². The topological polar surface area (TPSA) is 86.7 Å². The van der Waals surface area contributed by atoms with Gasteiger partial charge >= 0.3 is 29.6 Å². The first-order valence-electron chi connectivity index (χ1n) is 9.95. The van der Waals surface area contributed by atoms with E-state index >= 15 is 0 Å². The number of para-hydroxylation sites is 1. The second-order valence-electron chi connectivity index (χ2n) is 7.06. The van der Waals surface area contributed by atoms with Crippen LogP contribution in [0.3, 0.4) is 0 Å². The Morgan fingerprint density at radius 3 is 2.21 bits per heavy atom. The number of hydrogen-bond donors (Lipinski definition) is 1. The molecule has 0 aliphatic heterocycles. The van der Waals surface area contributed by atoms with Crippen LogP contribution in [-0.2, 0) is 16.5 Å². The summed E-state index contributed by atoms with van der Waals surface area (Å²) in [6.07, 6.45) is 10.5. The molecule has 0 saturated heterocycles. The van der Waals surface area contributed by atoms with E-state index in [1.165, 1.54) is 62.8 Å². The third-order valence-electron chi connectivity index (χ3n) is 4.61. The van der Waals surface area contributed by atoms with Gasteiger partial charge < -0.3 is 9.84 Å². The Balaban J connectivity index is 0.00000420. The molecule has 1 N–H and O–H groups in total. The number of rotatable bonds is 12. The van der Waals surface area contributed by atoms with E-state index in [-0.39, 0.29) is 51.7 Å². The fraction of sp³-hybridized carbons (Fsp3) is 0.455. The van der Waals surface area contributed by atoms with Gasteiger partial charge in [0.15, 0.2) is 0 Å². The summed E-state index contributed by atoms with van der Waals surface area (Å²) in [5, 5.41) is 12.0. The van der Waals surface area contributed by atoms with Crippen LogP contribution < -0.4 is 39.4 Å². The first-order valence-corrected chi connectivity index (χ1v) is 11.4. The second-order valence-corrected chi connectivity index (χ2v) is 8.45. The van der Waals surface area contributed by atoms with Gasteiger partial charge in [0.2, 0.25) is 0 Å². The SMILES string of the molecule is CCCCCCCCCCc1cc([O-])cc(Oc2ccccc2S(=O)(=O)O)c1.[Na+]. The summed E-state index contributed by atoms with van der Waals surface area (Å²) in [6.45, 7) is 2.21. The summed E-state index contributed by atoms with van der Waals surface area (Å²) < 4.78 is 37.9. The van der Waals surface area contributed by atoms with Crippen LogP contribution in [-0.4, -0.2) is 13.0 Å². The van der Waals surface area contributed by atoms with Gasteiger partial charge in [-0.1, -0.05) is 70.1 Å². The first kappa shape index (κ1) is 26.0. The van der Waals surface area contributed by atoms with Crippen molar-refractivity contribution in [3.05, 3.63) is 48.0 Å². The predicted molar refractivity (Wildman–Crippen MR) is 109 cm³/mol. The second kappa shape index (κ2) is 13.3. The summed E-state index contributed by atoms with van der Waals surface area (Å²) in [4.78, 5) is -0.323. The quantitative estimate of drug-likeness (QED) is 0.319. The Labute approximate surface area is 196 Å². The zero-order valence-corrected chi connectivity index (χ0v) is 20.2. The van der Waals surface area contributed by atoms with Crippen LogP contribution in [0.5, 0.6) is 17.2 Å². The summed E-state index contributed by atoms with van der Waals surface area (Å²) >= 11 is 0. The molecule has 154 valence electrons. The summed E-state index contributed by atoms with van der Waals surface area (Å²) in [7, 11) is -4.41. The summed E-state index contributed by atoms with van der Waals surface area (Å²) in [5.74, 6) is 0.0863. The van der Waals surface area contributed by atoms with E-state index < -0.39 is 10.1 Å². The molecule has 2 rings (SSSR count). The molecule has 0 radical (unpaired) electrons. The minimum absolute atomic E-state index is 0. The van der Waals surface area contributed by atoms with Gasteiger partial charge in [-0.3, -0.25) is 4.55 Å². The van der Waals surface area contributed by atoms with Crippen LogP contribution >= 0.6 is 0 Å². The van der Waals surface area contributed by atoms with E-state index in [4.69, 9.17) is 4.74 Å². The Kier molecular flexibility index (Phi) is 11.9. The Hall–Kier alpha value is -1.05. The van der Waals surface area contributed by atoms with Crippen molar-refractivity contribution in [3.63, 3.8) is 0 Å². The van der Waals surface area contributed by atoms with Crippen molar-refractivity contribution >= 4 is 10.1 Å². The minimum Gasteiger partial charge on any atom is -0.872 e. The van der Waals surface area contributed by atoms with Gasteiger partial charge in [-0.25, -0.2) is 0 Å². The van der Waals surface area contributed by atoms with Crippen LogP contribution in [0.1, 0.15) is 63.9 Å². The fourth-order valence-electron chi connectivity index (χ4n) is 3.17. The van der Waals surface area contributed by atoms with E-state index in [9.17, 15) is 18.1 Å². The number of aryl methyl sites for hydroxylation is 1. The largest absolute Gasteiger partial charge is 1.00 e. The predicted octanol–water partition coefficient (Wildman–Crippen LogP) is 2.49. The van der Waals surface area contributed by atoms with Crippen molar-refractivity contribution in [1.29, 1.82) is 0 Å². The van der Waals surface area contributed by atoms with E-state index in [1.54, 1.807) is 18.2 Å². The molecule has 0 atom stereocenters. The van der Waals surface area contributed by atoms with Crippen LogP contribution in [0, 0.1) is 0 Å². The number of hydrogen-bond acceptors (Lipinski definition) is 4. The maximum absolute atomic E-state index is 12.0. The van der Waals surface area contributed by atoms with E-state index in [0.29, 0.717) is 0 Å². The van der Waals surface area contributed by atoms with Gasteiger partial charge in [0, 0.05) is 0 Å². The normalized spacial score (nSPS) is 11.1. The molecule has 0 aliphatic carbocycles. The maximum Gasteiger partial charge on any atom is 1.00 e. The van der Waals surface area contributed by atoms with Crippen LogP contribution in [0.15, 0.2) is 47.4 Å². The molecule has 2 aromatic carbocycles. The molecule has 2 aromatic rings. The van der Waals surface area contributed by atoms with Crippen LogP contribution in [0.2, 0.25) is 0 Å². The molecule has 29 heavy (non-hydrogen) atoms. The number of benzene rings is 2. The average molecular weight is 429 g/mol. The molecule has 0 aromatic heterocycles. The molecule has 0 fully saturated rings. The number of unbranched alkanes of at least 4 members (excludes halogenated alkanes) is 7. The van der Waals surface area contributed by atoms with E-state index in [0.717, 1.165) is 24.8 Å². The van der Waals surface area contributed by atoms with Crippen molar-refractivity contribution in [2.75, 3.05) is 0 Å². The average Bonchev–Trinajstić information content (AvgIpc) is 2.63. The van der Waals surface area contributed by atoms with Crippen molar-refractivity contribution < 1.29 is 52.4 Å². The monoisotopic (exact) mass is 428 g/mol. The van der Waals surface area contributed by atoms with Gasteiger partial charge in [-0.05, 0) is 42.7 Å². The zero-order valence-electron chi connectivity index (χ0n) is 17.4. The van der Waals surface area contributed by atoms with Gasteiger partial charge in [-0.2, -0.15) is 8.42 Å². The first-order chi connectivity index (χ1) is 13.4. The van der Waals surface area contributed by atoms with Crippen LogP contribution in [0.4, 0.5) is 0 Å². The van der Waals surface area contributed by atoms with Crippen molar-refractivity contribution in [3.8, 4) is 17.2 Å². The standard InChI is InChI=1S/C22H30O5S.Na/c1-2-3-4-5-6-7-8-9-12-18-15-19(23)17-20(16-18)27-21-13-10-11-14-22(21)28(24,25)26;/h10-11,13-17,23H,2-9,12H2,1H3,(H,24,25,26);/q;+1/p-1. The number of ether oxygens (including phenoxy) is 1. The molecule has 0 amide bonds. The molecule has 5 nitrogen and oxygen atoms in total. The maximum atomic E-state index is 12.0. The van der Waals surface area contributed by atoms with Gasteiger partial charge in [0.25, 0.3) is 10.1 Å². The molecular weight excluding hydrogens is 399 g/mol. The Morgan fingerprint density at radius 1 is 0.931 bits per heavy atom. The molecule has 0 aliphatic rings. The molecule has 0 heterocycles. The summed E-state index contributed by atoms with van der Waals surface area (Å²) in [6, 6.07) is 10.5. The van der Waals surface area contributed by atoms with E-state index in [1.807, 2.05) is 0 Å². The summed E-state index contributed by atoms with van der Waals surface area (Å²) in [5.41, 5.74) is 0.873. The Morgan fingerprint density at radius 2 is 1.55 bits per heavy atom. The smallest absolute Gasteiger partial charge is 0.872 e. The zero-order chi connectivity index (χ0) is 20.4. The van der Waals surface area contributed by atoms with Crippen molar-refractivity contribution in [1.82, 2.24) is 0 Å². The molecule has 0 spiro atoms. The van der Waals surface area contributed by atoms with Crippen molar-refractivity contribution in [2.45, 2.75) is 69.6 Å². The Bertz CT molecular complexity index is 852. The third kappa shape index (κ3) is 9.53. The molecule has 7 heteroatoms. The fourth-order valence-corrected chi connectivity index (χ4v) is 3.79. The van der Waals surface area contributed by atoms with Crippen LogP contribution in [0.25, 0.3) is 0 Å². The molecule has 0 unspecified atom stereocenters. The third-order valence-corrected chi connectivity index (χ3v) is 5.51. The molecular formula is C22H29NaO5S. The van der Waals surface area contributed by atoms with Crippen molar-refractivity contribution in [2.24, 2.45) is 0 Å². The minimum atomic E-state index is -4.41. The van der Waals surface area contributed by atoms with Gasteiger partial charge in [0.05, 0.1) is 0 Å². The molecule has 0 bridgehead atoms. The van der Waals surface area contributed by atoms with E-state index in [2.05, 4.69) is 6.92 Å².